The number of benzene rings is 2. The molecule has 2 aromatic heterocycles. The minimum atomic E-state index is -0.156. The second kappa shape index (κ2) is 9.11. The summed E-state index contributed by atoms with van der Waals surface area (Å²) in [6.07, 6.45) is 7.19. The van der Waals surface area contributed by atoms with Crippen molar-refractivity contribution in [2.24, 2.45) is 5.73 Å². The Labute approximate surface area is 197 Å². The fourth-order valence-corrected chi connectivity index (χ4v) is 3.95. The molecule has 34 heavy (non-hydrogen) atoms. The van der Waals surface area contributed by atoms with Crippen molar-refractivity contribution in [3.63, 3.8) is 0 Å². The van der Waals surface area contributed by atoms with Gasteiger partial charge in [-0.1, -0.05) is 54.6 Å². The predicted molar refractivity (Wildman–Crippen MR) is 130 cm³/mol. The van der Waals surface area contributed by atoms with Crippen molar-refractivity contribution in [3.8, 4) is 0 Å². The van der Waals surface area contributed by atoms with Gasteiger partial charge < -0.3 is 15.6 Å². The summed E-state index contributed by atoms with van der Waals surface area (Å²) >= 11 is 0. The molecule has 0 aliphatic heterocycles. The Kier molecular flexibility index (Phi) is 5.86. The number of rotatable bonds is 8. The minimum Gasteiger partial charge on any atom is -0.348 e. The smallest absolute Gasteiger partial charge is 0.254 e. The number of aromatic nitrogens is 3. The van der Waals surface area contributed by atoms with Crippen LogP contribution in [0.15, 0.2) is 90.1 Å². The Bertz CT molecular complexity index is 1350. The maximum absolute atomic E-state index is 12.6. The summed E-state index contributed by atoms with van der Waals surface area (Å²) in [6, 6.07) is 21.3. The normalized spacial score (nSPS) is 14.0. The molecule has 2 heterocycles. The molecule has 1 aliphatic rings. The van der Waals surface area contributed by atoms with Crippen LogP contribution in [0.1, 0.15) is 45.5 Å². The van der Waals surface area contributed by atoms with Crippen LogP contribution in [-0.2, 0) is 25.2 Å². The van der Waals surface area contributed by atoms with Gasteiger partial charge in [0.25, 0.3) is 11.5 Å². The maximum Gasteiger partial charge on any atom is 0.254 e. The van der Waals surface area contributed by atoms with E-state index in [0.29, 0.717) is 25.2 Å². The largest absolute Gasteiger partial charge is 0.348 e. The number of pyridine rings is 1. The molecule has 0 bridgehead atoms. The van der Waals surface area contributed by atoms with Crippen molar-refractivity contribution in [3.05, 3.63) is 123 Å². The van der Waals surface area contributed by atoms with E-state index in [1.165, 1.54) is 0 Å². The summed E-state index contributed by atoms with van der Waals surface area (Å²) in [7, 11) is 0. The Morgan fingerprint density at radius 3 is 2.29 bits per heavy atom. The number of nitrogens with zero attached hydrogens (tertiary/aromatic N) is 3. The van der Waals surface area contributed by atoms with Gasteiger partial charge in [0, 0.05) is 30.5 Å². The molecule has 7 nitrogen and oxygen atoms in total. The van der Waals surface area contributed by atoms with E-state index in [1.807, 2.05) is 42.5 Å². The summed E-state index contributed by atoms with van der Waals surface area (Å²) in [4.78, 5) is 24.4. The third kappa shape index (κ3) is 5.00. The van der Waals surface area contributed by atoms with Crippen molar-refractivity contribution >= 4 is 5.91 Å². The fraction of sp³-hybridized carbons (Fsp3) is 0.222. The van der Waals surface area contributed by atoms with Crippen LogP contribution in [0.5, 0.6) is 0 Å². The van der Waals surface area contributed by atoms with Crippen LogP contribution in [0.2, 0.25) is 0 Å². The van der Waals surface area contributed by atoms with Gasteiger partial charge in [-0.25, -0.2) is 0 Å². The lowest BCUT2D eigenvalue weighted by atomic mass is 10.0. The lowest BCUT2D eigenvalue weighted by Gasteiger charge is -2.10. The molecule has 0 saturated heterocycles. The van der Waals surface area contributed by atoms with Crippen molar-refractivity contribution in [2.75, 3.05) is 0 Å². The number of amides is 1. The molecule has 0 radical (unpaired) electrons. The van der Waals surface area contributed by atoms with Crippen LogP contribution in [0.3, 0.4) is 0 Å². The van der Waals surface area contributed by atoms with Crippen molar-refractivity contribution in [1.29, 1.82) is 0 Å². The Morgan fingerprint density at radius 1 is 0.941 bits per heavy atom. The second-order valence-electron chi connectivity index (χ2n) is 8.95. The highest BCUT2D eigenvalue weighted by Crippen LogP contribution is 2.42. The van der Waals surface area contributed by atoms with Gasteiger partial charge in [-0.3, -0.25) is 14.3 Å². The summed E-state index contributed by atoms with van der Waals surface area (Å²) in [5.74, 6) is -0.156. The molecule has 7 heteroatoms. The first-order valence-corrected chi connectivity index (χ1v) is 11.4. The Hall–Kier alpha value is -3.97. The second-order valence-corrected chi connectivity index (χ2v) is 8.95. The molecule has 1 amide bonds. The number of nitrogens with two attached hydrogens (primary N) is 1. The molecule has 172 valence electrons. The van der Waals surface area contributed by atoms with E-state index in [2.05, 4.69) is 22.5 Å². The van der Waals surface area contributed by atoms with Crippen LogP contribution in [0.25, 0.3) is 0 Å². The molecule has 0 unspecified atom stereocenters. The van der Waals surface area contributed by atoms with Gasteiger partial charge in [-0.15, -0.1) is 0 Å². The highest BCUT2D eigenvalue weighted by Gasteiger charge is 2.39. The average molecular weight is 454 g/mol. The van der Waals surface area contributed by atoms with Crippen LogP contribution in [-0.4, -0.2) is 20.3 Å². The summed E-state index contributed by atoms with van der Waals surface area (Å²) < 4.78 is 3.42. The maximum atomic E-state index is 12.6. The first kappa shape index (κ1) is 21.9. The van der Waals surface area contributed by atoms with Gasteiger partial charge >= 0.3 is 0 Å². The van der Waals surface area contributed by atoms with E-state index in [-0.39, 0.29) is 17.0 Å². The summed E-state index contributed by atoms with van der Waals surface area (Å²) in [6.45, 7) is 1.54. The quantitative estimate of drug-likeness (QED) is 0.429. The molecular weight excluding hydrogens is 426 g/mol. The van der Waals surface area contributed by atoms with E-state index in [4.69, 9.17) is 5.73 Å². The lowest BCUT2D eigenvalue weighted by molar-refractivity contribution is 0.0951. The fourth-order valence-electron chi connectivity index (χ4n) is 3.95. The molecule has 4 aromatic rings. The summed E-state index contributed by atoms with van der Waals surface area (Å²) in [5, 5.41) is 7.28. The summed E-state index contributed by atoms with van der Waals surface area (Å²) in [5.41, 5.74) is 10.9. The van der Waals surface area contributed by atoms with Crippen LogP contribution < -0.4 is 16.6 Å². The van der Waals surface area contributed by atoms with Gasteiger partial charge in [-0.05, 0) is 41.2 Å². The highest BCUT2D eigenvalue weighted by atomic mass is 16.1. The zero-order valence-electron chi connectivity index (χ0n) is 18.9. The van der Waals surface area contributed by atoms with E-state index >= 15 is 0 Å². The van der Waals surface area contributed by atoms with Gasteiger partial charge in [-0.2, -0.15) is 5.10 Å². The number of nitrogens with one attached hydrogen (secondary N) is 1. The topological polar surface area (TPSA) is 94.9 Å². The van der Waals surface area contributed by atoms with Crippen LogP contribution in [0, 0.1) is 0 Å². The van der Waals surface area contributed by atoms with Crippen LogP contribution in [0.4, 0.5) is 0 Å². The molecular formula is C27H27N5O2. The van der Waals surface area contributed by atoms with Crippen molar-refractivity contribution in [1.82, 2.24) is 19.7 Å². The third-order valence-electron chi connectivity index (χ3n) is 6.29. The zero-order chi connectivity index (χ0) is 23.5. The van der Waals surface area contributed by atoms with E-state index in [9.17, 15) is 9.59 Å². The lowest BCUT2D eigenvalue weighted by Crippen LogP contribution is -2.22. The first-order chi connectivity index (χ1) is 16.5. The SMILES string of the molecule is NC1(c2ccc(CNC(=O)c3cnn(Cc4ccc(Cn5ccccc5=O)cc4)c3)cc2)CC1. The third-order valence-corrected chi connectivity index (χ3v) is 6.29. The van der Waals surface area contributed by atoms with E-state index in [0.717, 1.165) is 35.1 Å². The Balaban J connectivity index is 1.15. The standard InChI is InChI=1S/C27H27N5O2/c28-27(12-13-27)24-10-8-20(9-11-24)15-29-26(34)23-16-30-32(19-23)18-22-6-4-21(5-7-22)17-31-14-2-1-3-25(31)33/h1-11,14,16,19H,12-13,15,17-18,28H2,(H,29,34). The Morgan fingerprint density at radius 2 is 1.62 bits per heavy atom. The molecule has 2 aromatic carbocycles. The van der Waals surface area contributed by atoms with Gasteiger partial charge in [0.2, 0.25) is 0 Å². The number of hydrogen-bond acceptors (Lipinski definition) is 4. The number of hydrogen-bond donors (Lipinski definition) is 2. The average Bonchev–Trinajstić information content (AvgIpc) is 3.43. The van der Waals surface area contributed by atoms with E-state index in [1.54, 1.807) is 40.0 Å². The predicted octanol–water partition coefficient (Wildman–Crippen LogP) is 3.02. The van der Waals surface area contributed by atoms with Gasteiger partial charge in [0.1, 0.15) is 0 Å². The van der Waals surface area contributed by atoms with Gasteiger partial charge in [0.05, 0.1) is 24.8 Å². The zero-order valence-corrected chi connectivity index (χ0v) is 18.9. The highest BCUT2D eigenvalue weighted by molar-refractivity contribution is 5.93. The molecule has 1 saturated carbocycles. The van der Waals surface area contributed by atoms with Gasteiger partial charge in [0.15, 0.2) is 0 Å². The molecule has 5 rings (SSSR count). The first-order valence-electron chi connectivity index (χ1n) is 11.4. The molecule has 0 spiro atoms. The molecule has 3 N–H and O–H groups in total. The van der Waals surface area contributed by atoms with Crippen molar-refractivity contribution < 1.29 is 4.79 Å². The number of carbonyl (C=O) groups excluding carboxylic acids is 1. The molecule has 0 atom stereocenters. The number of carbonyl (C=O) groups is 1. The monoisotopic (exact) mass is 453 g/mol. The molecule has 1 fully saturated rings. The van der Waals surface area contributed by atoms with E-state index < -0.39 is 0 Å². The van der Waals surface area contributed by atoms with Crippen LogP contribution >= 0.6 is 0 Å². The minimum absolute atomic E-state index is 0.0202. The molecule has 1 aliphatic carbocycles. The van der Waals surface area contributed by atoms with Crippen molar-refractivity contribution in [2.45, 2.75) is 38.0 Å².